The van der Waals surface area contributed by atoms with Crippen LogP contribution in [0.3, 0.4) is 0 Å². The molecule has 0 saturated carbocycles. The lowest BCUT2D eigenvalue weighted by Gasteiger charge is -2.38. The van der Waals surface area contributed by atoms with Gasteiger partial charge in [-0.15, -0.1) is 0 Å². The molecule has 38 heavy (non-hydrogen) atoms. The first kappa shape index (κ1) is 26.6. The molecule has 1 amide bonds. The van der Waals surface area contributed by atoms with E-state index in [1.54, 1.807) is 0 Å². The molecule has 2 fully saturated rings. The highest BCUT2D eigenvalue weighted by atomic mass is 79.9. The van der Waals surface area contributed by atoms with Gasteiger partial charge >= 0.3 is 0 Å². The number of hydrogen-bond donors (Lipinski definition) is 1. The molecule has 202 valence electrons. The SMILES string of the molecule is O=C(CC1CCN(C2=NCCN2)CC1)N1CCC([C@H]2c3ncc(Br)cc3CCc3cc(Cl)cc(Br)c32)CC1. The topological polar surface area (TPSA) is 60.8 Å². The maximum atomic E-state index is 13.3. The molecule has 0 bridgehead atoms. The summed E-state index contributed by atoms with van der Waals surface area (Å²) in [5.41, 5.74) is 5.15. The molecule has 6 nitrogen and oxygen atoms in total. The number of piperidine rings is 2. The molecule has 2 aromatic rings. The summed E-state index contributed by atoms with van der Waals surface area (Å²) in [7, 11) is 0. The van der Waals surface area contributed by atoms with Crippen LogP contribution in [0.2, 0.25) is 5.02 Å². The van der Waals surface area contributed by atoms with Crippen LogP contribution >= 0.6 is 43.5 Å². The van der Waals surface area contributed by atoms with E-state index in [1.807, 2.05) is 12.3 Å². The maximum Gasteiger partial charge on any atom is 0.222 e. The lowest BCUT2D eigenvalue weighted by Crippen LogP contribution is -2.45. The molecule has 6 rings (SSSR count). The summed E-state index contributed by atoms with van der Waals surface area (Å²) in [5.74, 6) is 2.49. The predicted molar refractivity (Wildman–Crippen MR) is 159 cm³/mol. The minimum absolute atomic E-state index is 0.205. The van der Waals surface area contributed by atoms with Gasteiger partial charge in [-0.3, -0.25) is 14.8 Å². The number of rotatable bonds is 3. The Morgan fingerprint density at radius 1 is 1.03 bits per heavy atom. The van der Waals surface area contributed by atoms with Crippen molar-refractivity contribution in [2.24, 2.45) is 16.8 Å². The number of amides is 1. The molecule has 0 radical (unpaired) electrons. The molecule has 3 aliphatic heterocycles. The molecule has 1 N–H and O–H groups in total. The number of aryl methyl sites for hydroxylation is 2. The number of carbonyl (C=O) groups excluding carboxylic acids is 1. The fraction of sp³-hybridized carbons (Fsp3) is 0.552. The van der Waals surface area contributed by atoms with Crippen LogP contribution in [-0.2, 0) is 17.6 Å². The van der Waals surface area contributed by atoms with Crippen LogP contribution in [0.4, 0.5) is 0 Å². The number of benzene rings is 1. The van der Waals surface area contributed by atoms with Crippen LogP contribution in [0.15, 0.2) is 38.3 Å². The van der Waals surface area contributed by atoms with Crippen LogP contribution < -0.4 is 5.32 Å². The molecule has 1 aliphatic carbocycles. The van der Waals surface area contributed by atoms with Crippen molar-refractivity contribution < 1.29 is 4.79 Å². The molecule has 1 aromatic heterocycles. The monoisotopic (exact) mass is 661 g/mol. The van der Waals surface area contributed by atoms with Gasteiger partial charge in [0, 0.05) is 65.2 Å². The van der Waals surface area contributed by atoms with Crippen LogP contribution in [0.1, 0.15) is 60.4 Å². The summed E-state index contributed by atoms with van der Waals surface area (Å²) in [6, 6.07) is 6.39. The van der Waals surface area contributed by atoms with Gasteiger partial charge in [-0.1, -0.05) is 27.5 Å². The van der Waals surface area contributed by atoms with E-state index >= 15 is 0 Å². The third kappa shape index (κ3) is 5.50. The highest BCUT2D eigenvalue weighted by Crippen LogP contribution is 2.46. The summed E-state index contributed by atoms with van der Waals surface area (Å²) in [6.45, 7) is 5.46. The van der Waals surface area contributed by atoms with Gasteiger partial charge in [-0.05, 0) is 101 Å². The van der Waals surface area contributed by atoms with E-state index < -0.39 is 0 Å². The van der Waals surface area contributed by atoms with Gasteiger partial charge in [0.15, 0.2) is 5.96 Å². The Bertz CT molecular complexity index is 1240. The molecule has 0 unspecified atom stereocenters. The summed E-state index contributed by atoms with van der Waals surface area (Å²) in [5, 5.41) is 4.15. The second kappa shape index (κ2) is 11.5. The number of nitrogens with zero attached hydrogens (tertiary/aromatic N) is 4. The van der Waals surface area contributed by atoms with Gasteiger partial charge in [-0.2, -0.15) is 0 Å². The first-order valence-corrected chi connectivity index (χ1v) is 15.9. The van der Waals surface area contributed by atoms with Crippen molar-refractivity contribution in [2.45, 2.75) is 50.9 Å². The van der Waals surface area contributed by atoms with E-state index in [2.05, 4.69) is 64.1 Å². The Labute approximate surface area is 246 Å². The van der Waals surface area contributed by atoms with Gasteiger partial charge in [0.05, 0.1) is 12.2 Å². The smallest absolute Gasteiger partial charge is 0.222 e. The van der Waals surface area contributed by atoms with Gasteiger partial charge < -0.3 is 15.1 Å². The summed E-state index contributed by atoms with van der Waals surface area (Å²) < 4.78 is 2.10. The van der Waals surface area contributed by atoms with Crippen molar-refractivity contribution in [2.75, 3.05) is 39.3 Å². The number of pyridine rings is 1. The quantitative estimate of drug-likeness (QED) is 0.452. The summed E-state index contributed by atoms with van der Waals surface area (Å²) in [6.07, 6.45) is 8.63. The molecule has 4 heterocycles. The zero-order chi connectivity index (χ0) is 26.2. The molecule has 2 saturated heterocycles. The molecular weight excluding hydrogens is 630 g/mol. The normalized spacial score (nSPS) is 22.4. The second-order valence-corrected chi connectivity index (χ2v) is 13.3. The minimum Gasteiger partial charge on any atom is -0.354 e. The van der Waals surface area contributed by atoms with Crippen LogP contribution in [0, 0.1) is 11.8 Å². The fourth-order valence-electron chi connectivity index (χ4n) is 6.83. The number of likely N-dealkylation sites (tertiary alicyclic amines) is 2. The average molecular weight is 664 g/mol. The van der Waals surface area contributed by atoms with Crippen molar-refractivity contribution in [3.8, 4) is 0 Å². The predicted octanol–water partition coefficient (Wildman–Crippen LogP) is 5.79. The van der Waals surface area contributed by atoms with Crippen LogP contribution in [0.5, 0.6) is 0 Å². The lowest BCUT2D eigenvalue weighted by molar-refractivity contribution is -0.134. The lowest BCUT2D eigenvalue weighted by atomic mass is 9.76. The van der Waals surface area contributed by atoms with Gasteiger partial charge in [0.25, 0.3) is 0 Å². The van der Waals surface area contributed by atoms with Crippen molar-refractivity contribution in [1.82, 2.24) is 20.1 Å². The zero-order valence-corrected chi connectivity index (χ0v) is 25.5. The van der Waals surface area contributed by atoms with Gasteiger partial charge in [0.1, 0.15) is 0 Å². The molecule has 4 aliphatic rings. The van der Waals surface area contributed by atoms with E-state index in [-0.39, 0.29) is 5.92 Å². The van der Waals surface area contributed by atoms with E-state index in [4.69, 9.17) is 16.6 Å². The van der Waals surface area contributed by atoms with Gasteiger partial charge in [-0.25, -0.2) is 0 Å². The Morgan fingerprint density at radius 3 is 2.53 bits per heavy atom. The number of carbonyl (C=O) groups is 1. The van der Waals surface area contributed by atoms with E-state index in [0.29, 0.717) is 24.2 Å². The minimum atomic E-state index is 0.205. The number of hydrogen-bond acceptors (Lipinski definition) is 5. The molecule has 1 aromatic carbocycles. The molecule has 0 spiro atoms. The number of fused-ring (bicyclic) bond motifs is 2. The third-order valence-corrected chi connectivity index (χ3v) is 10.1. The molecule has 1 atom stereocenters. The number of aliphatic imine (C=N–C) groups is 1. The Morgan fingerprint density at radius 2 is 1.79 bits per heavy atom. The van der Waals surface area contributed by atoms with E-state index in [1.165, 1.54) is 22.4 Å². The standard InChI is InChI=1S/C29H34Br2ClN5O/c30-22-14-21-2-1-20-15-23(32)16-24(31)26(20)27(28(21)35-17-22)19-5-11-36(12-6-19)25(38)13-18-3-9-37(10-4-18)29-33-7-8-34-29/h14-19,27H,1-13H2,(H,33,34)/t27-/m1/s1. The maximum absolute atomic E-state index is 13.3. The first-order chi connectivity index (χ1) is 18.5. The summed E-state index contributed by atoms with van der Waals surface area (Å²) >= 11 is 14.0. The average Bonchev–Trinajstić information content (AvgIpc) is 3.40. The molecule has 9 heteroatoms. The Balaban J connectivity index is 1.13. The highest BCUT2D eigenvalue weighted by Gasteiger charge is 2.36. The number of nitrogens with one attached hydrogen (secondary N) is 1. The largest absolute Gasteiger partial charge is 0.354 e. The van der Waals surface area contributed by atoms with Crippen LogP contribution in [-0.4, -0.2) is 65.9 Å². The van der Waals surface area contributed by atoms with Crippen LogP contribution in [0.25, 0.3) is 0 Å². The summed E-state index contributed by atoms with van der Waals surface area (Å²) in [4.78, 5) is 27.3. The fourth-order valence-corrected chi connectivity index (χ4v) is 8.33. The molecular formula is C29H34Br2ClN5O. The number of halogens is 3. The van der Waals surface area contributed by atoms with Crippen molar-refractivity contribution in [3.05, 3.63) is 60.7 Å². The third-order valence-electron chi connectivity index (χ3n) is 8.81. The zero-order valence-electron chi connectivity index (χ0n) is 21.6. The number of guanidine groups is 1. The van der Waals surface area contributed by atoms with E-state index in [0.717, 1.165) is 97.7 Å². The highest BCUT2D eigenvalue weighted by molar-refractivity contribution is 9.10. The van der Waals surface area contributed by atoms with E-state index in [9.17, 15) is 4.79 Å². The Kier molecular flexibility index (Phi) is 8.01. The van der Waals surface area contributed by atoms with Crippen molar-refractivity contribution in [1.29, 1.82) is 0 Å². The number of aromatic nitrogens is 1. The first-order valence-electron chi connectivity index (χ1n) is 13.9. The second-order valence-electron chi connectivity index (χ2n) is 11.1. The van der Waals surface area contributed by atoms with Gasteiger partial charge in [0.2, 0.25) is 5.91 Å². The Hall–Kier alpha value is -1.64. The van der Waals surface area contributed by atoms with Crippen molar-refractivity contribution in [3.63, 3.8) is 0 Å². The van der Waals surface area contributed by atoms with Crippen molar-refractivity contribution >= 4 is 55.3 Å².